The summed E-state index contributed by atoms with van der Waals surface area (Å²) in [5.74, 6) is 0. The molecular weight excluding hydrogens is 172 g/mol. The van der Waals surface area contributed by atoms with Gasteiger partial charge in [0.2, 0.25) is 0 Å². The highest BCUT2D eigenvalue weighted by Gasteiger charge is 2.05. The molecule has 2 N–H and O–H groups in total. The van der Waals surface area contributed by atoms with Gasteiger partial charge in [0.1, 0.15) is 0 Å². The van der Waals surface area contributed by atoms with Crippen LogP contribution in [0.3, 0.4) is 0 Å². The van der Waals surface area contributed by atoms with Crippen LogP contribution in [0, 0.1) is 25.2 Å². The lowest BCUT2D eigenvalue weighted by atomic mass is 9.95. The van der Waals surface area contributed by atoms with Gasteiger partial charge >= 0.3 is 0 Å². The summed E-state index contributed by atoms with van der Waals surface area (Å²) in [6.45, 7) is 4.71. The molecular formula is C12H16N2. The van der Waals surface area contributed by atoms with Crippen molar-refractivity contribution in [2.75, 3.05) is 0 Å². The molecule has 0 aliphatic carbocycles. The van der Waals surface area contributed by atoms with Crippen molar-refractivity contribution >= 4 is 0 Å². The molecule has 0 amide bonds. The summed E-state index contributed by atoms with van der Waals surface area (Å²) < 4.78 is 0. The predicted octanol–water partition coefficient (Wildman–Crippen LogP) is 2.22. The fraction of sp³-hybridized carbons (Fsp3) is 0.417. The number of nitrogens with two attached hydrogens (primary N) is 1. The normalized spacial score (nSPS) is 9.86. The smallest absolute Gasteiger partial charge is 0.0625 e. The summed E-state index contributed by atoms with van der Waals surface area (Å²) in [4.78, 5) is 0. The average Bonchev–Trinajstić information content (AvgIpc) is 2.15. The van der Waals surface area contributed by atoms with Gasteiger partial charge in [-0.15, -0.1) is 0 Å². The molecule has 0 radical (unpaired) electrons. The van der Waals surface area contributed by atoms with Gasteiger partial charge in [0.25, 0.3) is 0 Å². The molecule has 0 aromatic heterocycles. The quantitative estimate of drug-likeness (QED) is 0.790. The Balaban J connectivity index is 3.06. The zero-order valence-electron chi connectivity index (χ0n) is 8.80. The van der Waals surface area contributed by atoms with Gasteiger partial charge in [0.05, 0.1) is 6.07 Å². The maximum absolute atomic E-state index is 8.56. The molecule has 0 heterocycles. The number of nitriles is 1. The lowest BCUT2D eigenvalue weighted by molar-refractivity contribution is 0.937. The third-order valence-corrected chi connectivity index (χ3v) is 2.42. The van der Waals surface area contributed by atoms with Gasteiger partial charge in [-0.2, -0.15) is 5.26 Å². The van der Waals surface area contributed by atoms with Crippen molar-refractivity contribution in [3.8, 4) is 6.07 Å². The summed E-state index contributed by atoms with van der Waals surface area (Å²) in [7, 11) is 0. The van der Waals surface area contributed by atoms with Crippen LogP contribution in [0.1, 0.15) is 28.7 Å². The van der Waals surface area contributed by atoms with Crippen LogP contribution in [0.5, 0.6) is 0 Å². The number of rotatable bonds is 3. The zero-order valence-corrected chi connectivity index (χ0v) is 8.80. The first-order valence-corrected chi connectivity index (χ1v) is 4.85. The van der Waals surface area contributed by atoms with Gasteiger partial charge in [-0.1, -0.05) is 17.7 Å². The minimum absolute atomic E-state index is 0.559. The van der Waals surface area contributed by atoms with Crippen LogP contribution in [0.4, 0.5) is 0 Å². The van der Waals surface area contributed by atoms with Crippen molar-refractivity contribution in [1.29, 1.82) is 5.26 Å². The molecule has 1 rings (SSSR count). The highest BCUT2D eigenvalue weighted by atomic mass is 14.5. The highest BCUT2D eigenvalue weighted by Crippen LogP contribution is 2.18. The third kappa shape index (κ3) is 2.34. The molecule has 0 unspecified atom stereocenters. The maximum Gasteiger partial charge on any atom is 0.0625 e. The van der Waals surface area contributed by atoms with E-state index in [0.29, 0.717) is 13.0 Å². The molecule has 0 saturated carbocycles. The summed E-state index contributed by atoms with van der Waals surface area (Å²) >= 11 is 0. The number of hydrogen-bond donors (Lipinski definition) is 1. The predicted molar refractivity (Wildman–Crippen MR) is 57.7 cm³/mol. The van der Waals surface area contributed by atoms with Gasteiger partial charge in [0.15, 0.2) is 0 Å². The number of aryl methyl sites for hydroxylation is 2. The topological polar surface area (TPSA) is 49.8 Å². The molecule has 0 fully saturated rings. The van der Waals surface area contributed by atoms with E-state index in [2.05, 4.69) is 32.0 Å². The van der Waals surface area contributed by atoms with E-state index in [1.807, 2.05) is 0 Å². The first-order valence-electron chi connectivity index (χ1n) is 4.85. The van der Waals surface area contributed by atoms with Crippen molar-refractivity contribution in [2.24, 2.45) is 5.73 Å². The first-order chi connectivity index (χ1) is 6.69. The molecule has 14 heavy (non-hydrogen) atoms. The largest absolute Gasteiger partial charge is 0.326 e. The zero-order chi connectivity index (χ0) is 10.6. The Morgan fingerprint density at radius 1 is 1.36 bits per heavy atom. The summed E-state index contributed by atoms with van der Waals surface area (Å²) in [6, 6.07) is 6.42. The molecule has 0 saturated heterocycles. The molecule has 2 nitrogen and oxygen atoms in total. The Morgan fingerprint density at radius 3 is 2.64 bits per heavy atom. The average molecular weight is 188 g/mol. The van der Waals surface area contributed by atoms with E-state index in [9.17, 15) is 0 Å². The van der Waals surface area contributed by atoms with Crippen molar-refractivity contribution < 1.29 is 0 Å². The van der Waals surface area contributed by atoms with Crippen LogP contribution in [-0.4, -0.2) is 0 Å². The number of hydrogen-bond acceptors (Lipinski definition) is 2. The Kier molecular flexibility index (Phi) is 3.67. The Labute approximate surface area is 85.4 Å². The van der Waals surface area contributed by atoms with E-state index in [-0.39, 0.29) is 0 Å². The summed E-state index contributed by atoms with van der Waals surface area (Å²) in [6.07, 6.45) is 1.38. The fourth-order valence-corrected chi connectivity index (χ4v) is 1.81. The van der Waals surface area contributed by atoms with E-state index < -0.39 is 0 Å². The molecule has 0 aliphatic rings. The molecule has 0 bridgehead atoms. The lowest BCUT2D eigenvalue weighted by Crippen LogP contribution is -2.04. The lowest BCUT2D eigenvalue weighted by Gasteiger charge is -2.11. The van der Waals surface area contributed by atoms with Crippen molar-refractivity contribution in [1.82, 2.24) is 0 Å². The van der Waals surface area contributed by atoms with Gasteiger partial charge in [0, 0.05) is 13.0 Å². The molecule has 74 valence electrons. The monoisotopic (exact) mass is 188 g/mol. The minimum Gasteiger partial charge on any atom is -0.326 e. The first kappa shape index (κ1) is 10.7. The van der Waals surface area contributed by atoms with Crippen molar-refractivity contribution in [3.63, 3.8) is 0 Å². The van der Waals surface area contributed by atoms with E-state index >= 15 is 0 Å². The molecule has 1 aromatic carbocycles. The number of nitrogens with zero attached hydrogens (tertiary/aromatic N) is 1. The molecule has 1 aromatic rings. The van der Waals surface area contributed by atoms with Gasteiger partial charge in [-0.25, -0.2) is 0 Å². The van der Waals surface area contributed by atoms with Crippen molar-refractivity contribution in [2.45, 2.75) is 33.2 Å². The van der Waals surface area contributed by atoms with Crippen LogP contribution >= 0.6 is 0 Å². The maximum atomic E-state index is 8.56. The standard InChI is InChI=1S/C12H16N2/c1-9-6-10(2)12(4-3-5-13)11(7-9)8-14/h6-7H,3-4,8,14H2,1-2H3. The molecule has 0 atom stereocenters. The van der Waals surface area contributed by atoms with E-state index in [4.69, 9.17) is 11.0 Å². The summed E-state index contributed by atoms with van der Waals surface area (Å²) in [5.41, 5.74) is 10.6. The molecule has 0 spiro atoms. The third-order valence-electron chi connectivity index (χ3n) is 2.42. The van der Waals surface area contributed by atoms with Crippen molar-refractivity contribution in [3.05, 3.63) is 34.4 Å². The second-order valence-electron chi connectivity index (χ2n) is 3.58. The van der Waals surface area contributed by atoms with Crippen LogP contribution in [-0.2, 0) is 13.0 Å². The van der Waals surface area contributed by atoms with Crippen LogP contribution < -0.4 is 5.73 Å². The van der Waals surface area contributed by atoms with Crippen LogP contribution in [0.25, 0.3) is 0 Å². The Morgan fingerprint density at radius 2 is 2.07 bits per heavy atom. The highest BCUT2D eigenvalue weighted by molar-refractivity contribution is 5.38. The number of benzene rings is 1. The van der Waals surface area contributed by atoms with Gasteiger partial charge in [-0.05, 0) is 37.0 Å². The Bertz CT molecular complexity index is 361. The fourth-order valence-electron chi connectivity index (χ4n) is 1.81. The van der Waals surface area contributed by atoms with E-state index in [0.717, 1.165) is 6.42 Å². The van der Waals surface area contributed by atoms with Crippen LogP contribution in [0.2, 0.25) is 0 Å². The second kappa shape index (κ2) is 4.78. The van der Waals surface area contributed by atoms with Gasteiger partial charge in [-0.3, -0.25) is 0 Å². The SMILES string of the molecule is Cc1cc(C)c(CCC#N)c(CN)c1. The van der Waals surface area contributed by atoms with Gasteiger partial charge < -0.3 is 5.73 Å². The van der Waals surface area contributed by atoms with Crippen LogP contribution in [0.15, 0.2) is 12.1 Å². The van der Waals surface area contributed by atoms with E-state index in [1.54, 1.807) is 0 Å². The Hall–Kier alpha value is -1.33. The van der Waals surface area contributed by atoms with E-state index in [1.165, 1.54) is 22.3 Å². The molecule has 0 aliphatic heterocycles. The summed E-state index contributed by atoms with van der Waals surface area (Å²) in [5, 5.41) is 8.56. The molecule has 2 heteroatoms. The second-order valence-corrected chi connectivity index (χ2v) is 3.58. The minimum atomic E-state index is 0.559.